The Labute approximate surface area is 118 Å². The number of hydrogen-bond acceptors (Lipinski definition) is 5. The summed E-state index contributed by atoms with van der Waals surface area (Å²) in [5, 5.41) is 9.30. The molecule has 1 aliphatic rings. The van der Waals surface area contributed by atoms with Gasteiger partial charge in [0.1, 0.15) is 0 Å². The molecule has 2 atom stereocenters. The molecule has 0 aromatic heterocycles. The molecular formula is C12H21NO6S. The van der Waals surface area contributed by atoms with Crippen LogP contribution in [0.3, 0.4) is 0 Å². The molecule has 0 aromatic rings. The zero-order valence-corrected chi connectivity index (χ0v) is 12.5. The van der Waals surface area contributed by atoms with Crippen LogP contribution < -0.4 is 4.72 Å². The van der Waals surface area contributed by atoms with E-state index in [-0.39, 0.29) is 6.61 Å². The number of hydrogen-bond donors (Lipinski definition) is 2. The summed E-state index contributed by atoms with van der Waals surface area (Å²) in [5.74, 6) is -2.65. The predicted octanol–water partition coefficient (Wildman–Crippen LogP) is 0.502. The van der Waals surface area contributed by atoms with E-state index < -0.39 is 39.2 Å². The Bertz CT molecular complexity index is 474. The fourth-order valence-corrected chi connectivity index (χ4v) is 3.68. The third kappa shape index (κ3) is 4.17. The van der Waals surface area contributed by atoms with Crippen LogP contribution in [0.5, 0.6) is 0 Å². The molecular weight excluding hydrogens is 286 g/mol. The molecule has 20 heavy (non-hydrogen) atoms. The topological polar surface area (TPSA) is 110 Å². The van der Waals surface area contributed by atoms with Crippen LogP contribution in [0.4, 0.5) is 0 Å². The lowest BCUT2D eigenvalue weighted by molar-refractivity contribution is -0.151. The first-order valence-electron chi connectivity index (χ1n) is 6.60. The van der Waals surface area contributed by atoms with Crippen LogP contribution in [-0.2, 0) is 24.3 Å². The highest BCUT2D eigenvalue weighted by molar-refractivity contribution is 7.90. The first-order chi connectivity index (χ1) is 9.21. The summed E-state index contributed by atoms with van der Waals surface area (Å²) in [5.41, 5.74) is -1.14. The lowest BCUT2D eigenvalue weighted by Crippen LogP contribution is -2.53. The Balaban J connectivity index is 2.78. The molecule has 0 radical (unpaired) electrons. The zero-order chi connectivity index (χ0) is 15.4. The highest BCUT2D eigenvalue weighted by Gasteiger charge is 2.44. The maximum absolute atomic E-state index is 11.9. The van der Waals surface area contributed by atoms with Crippen molar-refractivity contribution in [2.75, 3.05) is 12.4 Å². The molecule has 0 spiro atoms. The van der Waals surface area contributed by atoms with E-state index >= 15 is 0 Å². The SMILES string of the molecule is CCOC(=O)CS(=O)(=O)NC1CCCCC1(C)C(=O)O. The number of carboxylic acid groups (broad SMARTS) is 1. The van der Waals surface area contributed by atoms with Gasteiger partial charge < -0.3 is 9.84 Å². The average molecular weight is 307 g/mol. The van der Waals surface area contributed by atoms with Crippen molar-refractivity contribution in [2.45, 2.75) is 45.6 Å². The second kappa shape index (κ2) is 6.53. The Morgan fingerprint density at radius 1 is 1.40 bits per heavy atom. The lowest BCUT2D eigenvalue weighted by atomic mass is 9.72. The van der Waals surface area contributed by atoms with Gasteiger partial charge in [0.25, 0.3) is 0 Å². The minimum absolute atomic E-state index is 0.102. The van der Waals surface area contributed by atoms with Crippen molar-refractivity contribution < 1.29 is 27.9 Å². The van der Waals surface area contributed by atoms with Crippen molar-refractivity contribution in [3.8, 4) is 0 Å². The highest BCUT2D eigenvalue weighted by atomic mass is 32.2. The van der Waals surface area contributed by atoms with Crippen LogP contribution in [0, 0.1) is 5.41 Å². The van der Waals surface area contributed by atoms with Crippen molar-refractivity contribution in [3.63, 3.8) is 0 Å². The molecule has 7 nitrogen and oxygen atoms in total. The maximum atomic E-state index is 11.9. The van der Waals surface area contributed by atoms with Gasteiger partial charge in [-0.15, -0.1) is 0 Å². The van der Waals surface area contributed by atoms with E-state index in [0.717, 1.165) is 12.8 Å². The minimum Gasteiger partial charge on any atom is -0.481 e. The number of aliphatic carboxylic acids is 1. The van der Waals surface area contributed by atoms with Crippen molar-refractivity contribution >= 4 is 22.0 Å². The van der Waals surface area contributed by atoms with Gasteiger partial charge in [0, 0.05) is 6.04 Å². The van der Waals surface area contributed by atoms with Crippen molar-refractivity contribution in [1.82, 2.24) is 4.72 Å². The van der Waals surface area contributed by atoms with Crippen molar-refractivity contribution in [3.05, 3.63) is 0 Å². The number of rotatable bonds is 6. The fraction of sp³-hybridized carbons (Fsp3) is 0.833. The van der Waals surface area contributed by atoms with E-state index in [4.69, 9.17) is 0 Å². The summed E-state index contributed by atoms with van der Waals surface area (Å²) in [7, 11) is -3.90. The van der Waals surface area contributed by atoms with Gasteiger partial charge in [-0.05, 0) is 26.7 Å². The van der Waals surface area contributed by atoms with Gasteiger partial charge in [0.2, 0.25) is 10.0 Å². The number of carbonyl (C=O) groups is 2. The third-order valence-electron chi connectivity index (χ3n) is 3.63. The number of nitrogens with one attached hydrogen (secondary N) is 1. The maximum Gasteiger partial charge on any atom is 0.322 e. The Kier molecular flexibility index (Phi) is 5.52. The van der Waals surface area contributed by atoms with Gasteiger partial charge in [-0.1, -0.05) is 12.8 Å². The summed E-state index contributed by atoms with van der Waals surface area (Å²) in [4.78, 5) is 22.6. The molecule has 2 N–H and O–H groups in total. The molecule has 1 saturated carbocycles. The van der Waals surface area contributed by atoms with Gasteiger partial charge in [0.05, 0.1) is 12.0 Å². The molecule has 1 fully saturated rings. The van der Waals surface area contributed by atoms with Crippen molar-refractivity contribution in [2.24, 2.45) is 5.41 Å². The number of ether oxygens (including phenoxy) is 1. The first kappa shape index (κ1) is 16.9. The minimum atomic E-state index is -3.90. The monoisotopic (exact) mass is 307 g/mol. The van der Waals surface area contributed by atoms with Crippen LogP contribution in [0.15, 0.2) is 0 Å². The van der Waals surface area contributed by atoms with E-state index in [1.807, 2.05) is 0 Å². The second-order valence-electron chi connectivity index (χ2n) is 5.20. The normalized spacial score (nSPS) is 27.0. The summed E-state index contributed by atoms with van der Waals surface area (Å²) >= 11 is 0. The smallest absolute Gasteiger partial charge is 0.322 e. The Morgan fingerprint density at radius 3 is 2.60 bits per heavy atom. The molecule has 1 rings (SSSR count). The lowest BCUT2D eigenvalue weighted by Gasteiger charge is -2.37. The molecule has 0 saturated heterocycles. The third-order valence-corrected chi connectivity index (χ3v) is 4.89. The fourth-order valence-electron chi connectivity index (χ4n) is 2.39. The molecule has 116 valence electrons. The highest BCUT2D eigenvalue weighted by Crippen LogP contribution is 2.36. The van der Waals surface area contributed by atoms with Gasteiger partial charge in [-0.3, -0.25) is 9.59 Å². The van der Waals surface area contributed by atoms with Gasteiger partial charge in [-0.25, -0.2) is 13.1 Å². The van der Waals surface area contributed by atoms with Crippen LogP contribution in [0.2, 0.25) is 0 Å². The molecule has 2 unspecified atom stereocenters. The summed E-state index contributed by atoms with van der Waals surface area (Å²) < 4.78 is 30.7. The molecule has 0 amide bonds. The van der Waals surface area contributed by atoms with E-state index in [1.165, 1.54) is 6.92 Å². The predicted molar refractivity (Wildman–Crippen MR) is 71.6 cm³/mol. The Hall–Kier alpha value is -1.15. The van der Waals surface area contributed by atoms with Crippen LogP contribution in [0.1, 0.15) is 39.5 Å². The average Bonchev–Trinajstić information content (AvgIpc) is 2.31. The summed E-state index contributed by atoms with van der Waals surface area (Å²) in [6.45, 7) is 3.22. The van der Waals surface area contributed by atoms with Gasteiger partial charge in [-0.2, -0.15) is 0 Å². The Morgan fingerprint density at radius 2 is 2.05 bits per heavy atom. The number of esters is 1. The molecule has 0 bridgehead atoms. The van der Waals surface area contributed by atoms with Crippen LogP contribution >= 0.6 is 0 Å². The molecule has 8 heteroatoms. The van der Waals surface area contributed by atoms with Gasteiger partial charge >= 0.3 is 11.9 Å². The number of sulfonamides is 1. The molecule has 1 aliphatic carbocycles. The van der Waals surface area contributed by atoms with E-state index in [0.29, 0.717) is 12.8 Å². The zero-order valence-electron chi connectivity index (χ0n) is 11.7. The van der Waals surface area contributed by atoms with Gasteiger partial charge in [0.15, 0.2) is 5.75 Å². The number of carbonyl (C=O) groups excluding carboxylic acids is 1. The van der Waals surface area contributed by atoms with Crippen molar-refractivity contribution in [1.29, 1.82) is 0 Å². The standard InChI is InChI=1S/C12H21NO6S/c1-3-19-10(14)8-20(17,18)13-9-6-4-5-7-12(9,2)11(15)16/h9,13H,3-8H2,1-2H3,(H,15,16). The largest absolute Gasteiger partial charge is 0.481 e. The van der Waals surface area contributed by atoms with Crippen LogP contribution in [-0.4, -0.2) is 43.9 Å². The number of carboxylic acids is 1. The van der Waals surface area contributed by atoms with Crippen LogP contribution in [0.25, 0.3) is 0 Å². The second-order valence-corrected chi connectivity index (χ2v) is 6.96. The molecule has 0 heterocycles. The van der Waals surface area contributed by atoms with E-state index in [1.54, 1.807) is 6.92 Å². The first-order valence-corrected chi connectivity index (χ1v) is 8.25. The summed E-state index contributed by atoms with van der Waals surface area (Å²) in [6.07, 6.45) is 2.37. The summed E-state index contributed by atoms with van der Waals surface area (Å²) in [6, 6.07) is -0.701. The van der Waals surface area contributed by atoms with E-state index in [2.05, 4.69) is 9.46 Å². The molecule has 0 aromatic carbocycles. The molecule has 0 aliphatic heterocycles. The quantitative estimate of drug-likeness (QED) is 0.692. The van der Waals surface area contributed by atoms with E-state index in [9.17, 15) is 23.1 Å².